The molecule has 0 bridgehead atoms. The van der Waals surface area contributed by atoms with E-state index in [4.69, 9.17) is 4.74 Å². The fraction of sp³-hybridized carbons (Fsp3) is 0.364. The van der Waals surface area contributed by atoms with Gasteiger partial charge in [0.2, 0.25) is 0 Å². The number of hydrogen-bond donors (Lipinski definition) is 1. The van der Waals surface area contributed by atoms with Gasteiger partial charge in [-0.15, -0.1) is 0 Å². The van der Waals surface area contributed by atoms with Crippen molar-refractivity contribution in [2.24, 2.45) is 0 Å². The van der Waals surface area contributed by atoms with Gasteiger partial charge < -0.3 is 15.8 Å². The summed E-state index contributed by atoms with van der Waals surface area (Å²) >= 11 is 0. The van der Waals surface area contributed by atoms with Crippen molar-refractivity contribution in [3.63, 3.8) is 0 Å². The highest BCUT2D eigenvalue weighted by molar-refractivity contribution is 5.89. The zero-order chi connectivity index (χ0) is 10.6. The molecule has 0 aliphatic heterocycles. The Morgan fingerprint density at radius 2 is 1.80 bits per heavy atom. The molecule has 1 aromatic rings. The van der Waals surface area contributed by atoms with Gasteiger partial charge in [-0.3, -0.25) is 0 Å². The molecule has 0 amide bonds. The van der Waals surface area contributed by atoms with Crippen LogP contribution < -0.4 is 11.1 Å². The van der Waals surface area contributed by atoms with E-state index >= 15 is 0 Å². The van der Waals surface area contributed by atoms with Crippen LogP contribution in [0.1, 0.15) is 17.3 Å². The highest BCUT2D eigenvalue weighted by atomic mass is 16.5. The van der Waals surface area contributed by atoms with Gasteiger partial charge in [-0.05, 0) is 31.2 Å². The number of anilines is 1. The molecule has 15 heavy (non-hydrogen) atoms. The zero-order valence-corrected chi connectivity index (χ0v) is 9.49. The molecule has 1 aromatic carbocycles. The predicted molar refractivity (Wildman–Crippen MR) is 61.7 cm³/mol. The number of esters is 1. The van der Waals surface area contributed by atoms with Gasteiger partial charge in [-0.25, -0.2) is 4.79 Å². The van der Waals surface area contributed by atoms with Crippen LogP contribution in [0.25, 0.3) is 0 Å². The van der Waals surface area contributed by atoms with E-state index in [0.29, 0.717) is 12.2 Å². The molecule has 0 unspecified atom stereocenters. The number of nitrogens with zero attached hydrogens (tertiary/aromatic N) is 1. The molecule has 0 saturated carbocycles. The SMILES string of the molecule is CCOC(=O)c1ccc(N(C)C)cc1.N. The average Bonchev–Trinajstić information content (AvgIpc) is 2.18. The first-order valence-corrected chi connectivity index (χ1v) is 4.59. The quantitative estimate of drug-likeness (QED) is 0.776. The molecular weight excluding hydrogens is 192 g/mol. The van der Waals surface area contributed by atoms with Crippen LogP contribution in [0.2, 0.25) is 0 Å². The summed E-state index contributed by atoms with van der Waals surface area (Å²) in [5, 5.41) is 0. The Morgan fingerprint density at radius 3 is 2.20 bits per heavy atom. The number of carbonyl (C=O) groups excluding carboxylic acids is 1. The minimum absolute atomic E-state index is 0. The van der Waals surface area contributed by atoms with E-state index in [1.807, 2.05) is 31.1 Å². The van der Waals surface area contributed by atoms with Gasteiger partial charge in [0.1, 0.15) is 0 Å². The molecule has 1 rings (SSSR count). The first kappa shape index (κ1) is 13.4. The molecular formula is C11H18N2O2. The molecule has 0 heterocycles. The van der Waals surface area contributed by atoms with Crippen LogP contribution in [-0.2, 0) is 4.74 Å². The standard InChI is InChI=1S/C11H15NO2.H3N/c1-4-14-11(13)9-5-7-10(8-6-9)12(2)3;/h5-8H,4H2,1-3H3;1H3. The van der Waals surface area contributed by atoms with Gasteiger partial charge in [0.05, 0.1) is 12.2 Å². The van der Waals surface area contributed by atoms with Crippen molar-refractivity contribution in [2.75, 3.05) is 25.6 Å². The Labute approximate surface area is 90.4 Å². The van der Waals surface area contributed by atoms with E-state index in [2.05, 4.69) is 0 Å². The highest BCUT2D eigenvalue weighted by Crippen LogP contribution is 2.12. The minimum Gasteiger partial charge on any atom is -0.462 e. The van der Waals surface area contributed by atoms with Crippen molar-refractivity contribution in [3.8, 4) is 0 Å². The normalized spacial score (nSPS) is 9.00. The van der Waals surface area contributed by atoms with Crippen LogP contribution in [0.15, 0.2) is 24.3 Å². The predicted octanol–water partition coefficient (Wildman–Crippen LogP) is 2.09. The Morgan fingerprint density at radius 1 is 1.27 bits per heavy atom. The van der Waals surface area contributed by atoms with Crippen molar-refractivity contribution in [3.05, 3.63) is 29.8 Å². The van der Waals surface area contributed by atoms with Gasteiger partial charge >= 0.3 is 5.97 Å². The van der Waals surface area contributed by atoms with Gasteiger partial charge in [-0.1, -0.05) is 0 Å². The van der Waals surface area contributed by atoms with Gasteiger partial charge in [0, 0.05) is 19.8 Å². The van der Waals surface area contributed by atoms with Crippen molar-refractivity contribution in [1.29, 1.82) is 0 Å². The largest absolute Gasteiger partial charge is 0.462 e. The number of rotatable bonds is 3. The van der Waals surface area contributed by atoms with E-state index < -0.39 is 0 Å². The lowest BCUT2D eigenvalue weighted by Crippen LogP contribution is -2.09. The third-order valence-corrected chi connectivity index (χ3v) is 1.89. The topological polar surface area (TPSA) is 64.5 Å². The first-order valence-electron chi connectivity index (χ1n) is 4.59. The van der Waals surface area contributed by atoms with E-state index in [0.717, 1.165) is 5.69 Å². The summed E-state index contributed by atoms with van der Waals surface area (Å²) in [6.07, 6.45) is 0. The van der Waals surface area contributed by atoms with Crippen molar-refractivity contribution in [2.45, 2.75) is 6.92 Å². The fourth-order valence-electron chi connectivity index (χ4n) is 1.11. The monoisotopic (exact) mass is 210 g/mol. The average molecular weight is 210 g/mol. The van der Waals surface area contributed by atoms with E-state index in [1.54, 1.807) is 19.1 Å². The molecule has 0 aromatic heterocycles. The smallest absolute Gasteiger partial charge is 0.338 e. The molecule has 4 nitrogen and oxygen atoms in total. The second-order valence-electron chi connectivity index (χ2n) is 3.16. The maximum absolute atomic E-state index is 11.3. The van der Waals surface area contributed by atoms with Gasteiger partial charge in [0.15, 0.2) is 0 Å². The lowest BCUT2D eigenvalue weighted by Gasteiger charge is -2.12. The molecule has 0 spiro atoms. The van der Waals surface area contributed by atoms with E-state index in [-0.39, 0.29) is 12.1 Å². The second kappa shape index (κ2) is 6.03. The van der Waals surface area contributed by atoms with Crippen LogP contribution in [0.5, 0.6) is 0 Å². The maximum Gasteiger partial charge on any atom is 0.338 e. The Balaban J connectivity index is 0.00000196. The van der Waals surface area contributed by atoms with Crippen LogP contribution >= 0.6 is 0 Å². The summed E-state index contributed by atoms with van der Waals surface area (Å²) in [7, 11) is 3.92. The fourth-order valence-corrected chi connectivity index (χ4v) is 1.11. The van der Waals surface area contributed by atoms with Crippen LogP contribution in [0, 0.1) is 0 Å². The molecule has 0 atom stereocenters. The lowest BCUT2D eigenvalue weighted by atomic mass is 10.2. The molecule has 4 heteroatoms. The molecule has 0 radical (unpaired) electrons. The Kier molecular flexibility index (Phi) is 5.41. The van der Waals surface area contributed by atoms with Crippen LogP contribution in [-0.4, -0.2) is 26.7 Å². The van der Waals surface area contributed by atoms with Crippen molar-refractivity contribution in [1.82, 2.24) is 6.15 Å². The molecule has 84 valence electrons. The molecule has 0 saturated heterocycles. The molecule has 0 aliphatic carbocycles. The third-order valence-electron chi connectivity index (χ3n) is 1.89. The number of carbonyl (C=O) groups is 1. The lowest BCUT2D eigenvalue weighted by molar-refractivity contribution is 0.0526. The third kappa shape index (κ3) is 3.59. The highest BCUT2D eigenvalue weighted by Gasteiger charge is 2.05. The van der Waals surface area contributed by atoms with E-state index in [1.165, 1.54) is 0 Å². The van der Waals surface area contributed by atoms with Crippen molar-refractivity contribution >= 4 is 11.7 Å². The maximum atomic E-state index is 11.3. The minimum atomic E-state index is -0.266. The van der Waals surface area contributed by atoms with Crippen LogP contribution in [0.4, 0.5) is 5.69 Å². The molecule has 0 fully saturated rings. The Hall–Kier alpha value is -1.55. The Bertz CT molecular complexity index is 307. The first-order chi connectivity index (χ1) is 6.65. The number of benzene rings is 1. The van der Waals surface area contributed by atoms with Crippen LogP contribution in [0.3, 0.4) is 0 Å². The number of hydrogen-bond acceptors (Lipinski definition) is 4. The van der Waals surface area contributed by atoms with Gasteiger partial charge in [0.25, 0.3) is 0 Å². The molecule has 3 N–H and O–H groups in total. The summed E-state index contributed by atoms with van der Waals surface area (Å²) in [5.41, 5.74) is 1.66. The molecule has 0 aliphatic rings. The van der Waals surface area contributed by atoms with Crippen molar-refractivity contribution < 1.29 is 9.53 Å². The van der Waals surface area contributed by atoms with E-state index in [9.17, 15) is 4.79 Å². The summed E-state index contributed by atoms with van der Waals surface area (Å²) in [4.78, 5) is 13.3. The summed E-state index contributed by atoms with van der Waals surface area (Å²) < 4.78 is 4.88. The second-order valence-corrected chi connectivity index (χ2v) is 3.16. The summed E-state index contributed by atoms with van der Waals surface area (Å²) in [6.45, 7) is 2.21. The van der Waals surface area contributed by atoms with Gasteiger partial charge in [-0.2, -0.15) is 0 Å². The zero-order valence-electron chi connectivity index (χ0n) is 9.49. The number of ether oxygens (including phenoxy) is 1. The summed E-state index contributed by atoms with van der Waals surface area (Å²) in [5.74, 6) is -0.266. The summed E-state index contributed by atoms with van der Waals surface area (Å²) in [6, 6.07) is 7.33.